The smallest absolute Gasteiger partial charge is 0.313 e. The Morgan fingerprint density at radius 1 is 1.31 bits per heavy atom. The van der Waals surface area contributed by atoms with Gasteiger partial charge in [-0.1, -0.05) is 0 Å². The molecule has 76 valence electrons. The van der Waals surface area contributed by atoms with E-state index in [1.54, 1.807) is 6.92 Å². The number of ketones is 1. The Kier molecular flexibility index (Phi) is 6.14. The fourth-order valence-electron chi connectivity index (χ4n) is 0.684. The molecule has 13 heavy (non-hydrogen) atoms. The van der Waals surface area contributed by atoms with Crippen molar-refractivity contribution in [2.24, 2.45) is 0 Å². The molecule has 4 heteroatoms. The van der Waals surface area contributed by atoms with Gasteiger partial charge in [0.05, 0.1) is 12.7 Å². The zero-order chi connectivity index (χ0) is 10.3. The number of rotatable bonds is 6. The molecule has 0 N–H and O–H groups in total. The summed E-state index contributed by atoms with van der Waals surface area (Å²) >= 11 is 0. The van der Waals surface area contributed by atoms with E-state index in [2.05, 4.69) is 4.74 Å². The number of ether oxygens (including phenoxy) is 2. The Morgan fingerprint density at radius 2 is 1.92 bits per heavy atom. The highest BCUT2D eigenvalue weighted by molar-refractivity contribution is 5.96. The summed E-state index contributed by atoms with van der Waals surface area (Å²) in [7, 11) is 0. The summed E-state index contributed by atoms with van der Waals surface area (Å²) in [6.45, 7) is 5.65. The lowest BCUT2D eigenvalue weighted by molar-refractivity contribution is -0.146. The maximum Gasteiger partial charge on any atom is 0.313 e. The van der Waals surface area contributed by atoms with Crippen molar-refractivity contribution in [2.45, 2.75) is 33.3 Å². The van der Waals surface area contributed by atoms with Gasteiger partial charge in [-0.05, 0) is 20.8 Å². The highest BCUT2D eigenvalue weighted by Gasteiger charge is 2.10. The van der Waals surface area contributed by atoms with Crippen molar-refractivity contribution in [3.05, 3.63) is 0 Å². The van der Waals surface area contributed by atoms with E-state index in [0.29, 0.717) is 6.61 Å². The Hall–Kier alpha value is -0.900. The number of esters is 1. The van der Waals surface area contributed by atoms with Crippen molar-refractivity contribution in [2.75, 3.05) is 13.2 Å². The zero-order valence-electron chi connectivity index (χ0n) is 8.33. The molecule has 0 radical (unpaired) electrons. The lowest BCUT2D eigenvalue weighted by Crippen LogP contribution is -2.18. The number of hydrogen-bond acceptors (Lipinski definition) is 4. The second-order valence-corrected chi connectivity index (χ2v) is 2.88. The number of Topliss-reactive ketones (excluding diaryl/α,β-unsaturated/α-hetero) is 1. The average Bonchev–Trinajstić information content (AvgIpc) is 2.01. The number of carbonyl (C=O) groups excluding carboxylic acids is 2. The minimum Gasteiger partial charge on any atom is -0.466 e. The molecule has 0 aliphatic carbocycles. The molecule has 0 spiro atoms. The predicted molar refractivity (Wildman–Crippen MR) is 47.3 cm³/mol. The summed E-state index contributed by atoms with van der Waals surface area (Å²) in [5.41, 5.74) is 0. The van der Waals surface area contributed by atoms with Gasteiger partial charge in [0.2, 0.25) is 0 Å². The van der Waals surface area contributed by atoms with E-state index in [1.165, 1.54) is 0 Å². The van der Waals surface area contributed by atoms with Crippen LogP contribution in [0.1, 0.15) is 27.2 Å². The number of carbonyl (C=O) groups is 2. The molecule has 0 saturated heterocycles. The third kappa shape index (κ3) is 7.46. The molecule has 0 aliphatic heterocycles. The summed E-state index contributed by atoms with van der Waals surface area (Å²) in [4.78, 5) is 21.8. The lowest BCUT2D eigenvalue weighted by Gasteiger charge is -2.05. The highest BCUT2D eigenvalue weighted by Crippen LogP contribution is 1.93. The largest absolute Gasteiger partial charge is 0.466 e. The molecule has 0 rings (SSSR count). The van der Waals surface area contributed by atoms with E-state index in [9.17, 15) is 9.59 Å². The van der Waals surface area contributed by atoms with Crippen LogP contribution in [0.3, 0.4) is 0 Å². The van der Waals surface area contributed by atoms with Crippen molar-refractivity contribution in [3.63, 3.8) is 0 Å². The van der Waals surface area contributed by atoms with Crippen molar-refractivity contribution < 1.29 is 19.1 Å². The molecule has 0 aliphatic rings. The minimum absolute atomic E-state index is 0.00569. The van der Waals surface area contributed by atoms with Crippen molar-refractivity contribution in [1.82, 2.24) is 0 Å². The summed E-state index contributed by atoms with van der Waals surface area (Å²) < 4.78 is 9.63. The SMILES string of the molecule is CCOC(=O)CC(=O)COC(C)C. The van der Waals surface area contributed by atoms with Crippen LogP contribution in [0.25, 0.3) is 0 Å². The standard InChI is InChI=1S/C9H16O4/c1-4-12-9(11)5-8(10)6-13-7(2)3/h7H,4-6H2,1-3H3. The first kappa shape index (κ1) is 12.1. The van der Waals surface area contributed by atoms with Crippen molar-refractivity contribution in [1.29, 1.82) is 0 Å². The van der Waals surface area contributed by atoms with Gasteiger partial charge in [-0.3, -0.25) is 9.59 Å². The van der Waals surface area contributed by atoms with Crippen LogP contribution in [0, 0.1) is 0 Å². The van der Waals surface area contributed by atoms with Gasteiger partial charge in [-0.2, -0.15) is 0 Å². The van der Waals surface area contributed by atoms with Gasteiger partial charge in [-0.25, -0.2) is 0 Å². The predicted octanol–water partition coefficient (Wildman–Crippen LogP) is 0.934. The molecule has 0 bridgehead atoms. The van der Waals surface area contributed by atoms with Crippen LogP contribution in [-0.4, -0.2) is 31.1 Å². The molecule has 4 nitrogen and oxygen atoms in total. The first-order valence-corrected chi connectivity index (χ1v) is 4.35. The first-order valence-electron chi connectivity index (χ1n) is 4.35. The fraction of sp³-hybridized carbons (Fsp3) is 0.778. The van der Waals surface area contributed by atoms with Crippen LogP contribution in [0.15, 0.2) is 0 Å². The third-order valence-electron chi connectivity index (χ3n) is 1.22. The topological polar surface area (TPSA) is 52.6 Å². The van der Waals surface area contributed by atoms with Crippen LogP contribution in [0.2, 0.25) is 0 Å². The van der Waals surface area contributed by atoms with Gasteiger partial charge in [-0.15, -0.1) is 0 Å². The second-order valence-electron chi connectivity index (χ2n) is 2.88. The van der Waals surface area contributed by atoms with Gasteiger partial charge in [0.15, 0.2) is 5.78 Å². The normalized spacial score (nSPS) is 10.2. The van der Waals surface area contributed by atoms with Crippen molar-refractivity contribution in [3.8, 4) is 0 Å². The number of hydrogen-bond donors (Lipinski definition) is 0. The third-order valence-corrected chi connectivity index (χ3v) is 1.22. The first-order chi connectivity index (χ1) is 6.06. The van der Waals surface area contributed by atoms with E-state index >= 15 is 0 Å². The Bertz CT molecular complexity index is 174. The summed E-state index contributed by atoms with van der Waals surface area (Å²) in [5, 5.41) is 0. The van der Waals surface area contributed by atoms with E-state index in [0.717, 1.165) is 0 Å². The van der Waals surface area contributed by atoms with Crippen LogP contribution in [0.4, 0.5) is 0 Å². The molecule has 0 saturated carbocycles. The Morgan fingerprint density at radius 3 is 2.38 bits per heavy atom. The molecular formula is C9H16O4. The molecule has 0 heterocycles. The second kappa shape index (κ2) is 6.60. The van der Waals surface area contributed by atoms with Gasteiger partial charge in [0.25, 0.3) is 0 Å². The molecule has 0 fully saturated rings. The minimum atomic E-state index is -0.486. The van der Waals surface area contributed by atoms with Crippen LogP contribution < -0.4 is 0 Å². The summed E-state index contributed by atoms with van der Waals surface area (Å²) in [6, 6.07) is 0. The molecule has 0 atom stereocenters. The Labute approximate surface area is 78.2 Å². The lowest BCUT2D eigenvalue weighted by atomic mass is 10.3. The van der Waals surface area contributed by atoms with Gasteiger partial charge < -0.3 is 9.47 Å². The van der Waals surface area contributed by atoms with Crippen LogP contribution >= 0.6 is 0 Å². The van der Waals surface area contributed by atoms with E-state index in [4.69, 9.17) is 4.74 Å². The monoisotopic (exact) mass is 188 g/mol. The molecule has 0 amide bonds. The van der Waals surface area contributed by atoms with Gasteiger partial charge in [0, 0.05) is 0 Å². The van der Waals surface area contributed by atoms with Gasteiger partial charge >= 0.3 is 5.97 Å². The molecule has 0 unspecified atom stereocenters. The maximum atomic E-state index is 11.0. The highest BCUT2D eigenvalue weighted by atomic mass is 16.5. The average molecular weight is 188 g/mol. The summed E-state index contributed by atoms with van der Waals surface area (Å²) in [5.74, 6) is -0.730. The van der Waals surface area contributed by atoms with E-state index < -0.39 is 5.97 Å². The van der Waals surface area contributed by atoms with Gasteiger partial charge in [0.1, 0.15) is 13.0 Å². The van der Waals surface area contributed by atoms with Crippen LogP contribution in [-0.2, 0) is 19.1 Å². The van der Waals surface area contributed by atoms with Crippen molar-refractivity contribution >= 4 is 11.8 Å². The molecule has 0 aromatic carbocycles. The molecular weight excluding hydrogens is 172 g/mol. The fourth-order valence-corrected chi connectivity index (χ4v) is 0.684. The van der Waals surface area contributed by atoms with E-state index in [-0.39, 0.29) is 24.9 Å². The zero-order valence-corrected chi connectivity index (χ0v) is 8.33. The van der Waals surface area contributed by atoms with E-state index in [1.807, 2.05) is 13.8 Å². The maximum absolute atomic E-state index is 11.0. The molecule has 0 aromatic rings. The molecule has 0 aromatic heterocycles. The summed E-state index contributed by atoms with van der Waals surface area (Å²) in [6.07, 6.45) is -0.188. The quantitative estimate of drug-likeness (QED) is 0.459. The van der Waals surface area contributed by atoms with Crippen LogP contribution in [0.5, 0.6) is 0 Å². The Balaban J connectivity index is 3.56.